The molecule has 0 amide bonds. The number of benzene rings is 1. The molecule has 0 atom stereocenters. The molecule has 18 heavy (non-hydrogen) atoms. The van der Waals surface area contributed by atoms with E-state index < -0.39 is 10.0 Å². The van der Waals surface area contributed by atoms with Crippen LogP contribution in [0.1, 0.15) is 0 Å². The first-order valence-corrected chi connectivity index (χ1v) is 7.62. The van der Waals surface area contributed by atoms with E-state index in [1.54, 1.807) is 18.2 Å². The molecule has 1 aromatic heterocycles. The summed E-state index contributed by atoms with van der Waals surface area (Å²) < 4.78 is 34.2. The third-order valence-electron chi connectivity index (χ3n) is 3.05. The summed E-state index contributed by atoms with van der Waals surface area (Å²) in [7, 11) is -3.52. The number of rotatable bonds is 3. The van der Waals surface area contributed by atoms with E-state index in [2.05, 4.69) is 8.75 Å². The van der Waals surface area contributed by atoms with Crippen LogP contribution in [0.15, 0.2) is 23.1 Å². The molecule has 96 valence electrons. The van der Waals surface area contributed by atoms with Crippen LogP contribution in [0.25, 0.3) is 11.0 Å². The molecule has 3 rings (SSSR count). The van der Waals surface area contributed by atoms with Crippen LogP contribution in [0.3, 0.4) is 0 Å². The van der Waals surface area contributed by atoms with E-state index in [0.29, 0.717) is 24.1 Å². The summed E-state index contributed by atoms with van der Waals surface area (Å²) >= 11 is 1.00. The van der Waals surface area contributed by atoms with Gasteiger partial charge in [-0.15, -0.1) is 0 Å². The number of aliphatic hydroxyl groups is 1. The molecular weight excluding hydrogens is 274 g/mol. The highest BCUT2D eigenvalue weighted by Gasteiger charge is 2.37. The van der Waals surface area contributed by atoms with Crippen LogP contribution in [-0.4, -0.2) is 46.3 Å². The predicted octanol–water partition coefficient (Wildman–Crippen LogP) is 0.304. The average molecular weight is 285 g/mol. The van der Waals surface area contributed by atoms with Crippen LogP contribution < -0.4 is 0 Å². The van der Waals surface area contributed by atoms with Crippen molar-refractivity contribution in [3.63, 3.8) is 0 Å². The largest absolute Gasteiger partial charge is 0.396 e. The zero-order chi connectivity index (χ0) is 12.8. The lowest BCUT2D eigenvalue weighted by Gasteiger charge is -2.36. The average Bonchev–Trinajstić information content (AvgIpc) is 2.74. The van der Waals surface area contributed by atoms with Crippen molar-refractivity contribution in [2.75, 3.05) is 19.7 Å². The van der Waals surface area contributed by atoms with Crippen LogP contribution in [0.4, 0.5) is 0 Å². The van der Waals surface area contributed by atoms with Gasteiger partial charge in [-0.2, -0.15) is 13.1 Å². The minimum absolute atomic E-state index is 0.0223. The first-order chi connectivity index (χ1) is 8.63. The van der Waals surface area contributed by atoms with Crippen molar-refractivity contribution in [2.45, 2.75) is 4.90 Å². The molecule has 6 nitrogen and oxygen atoms in total. The lowest BCUT2D eigenvalue weighted by molar-refractivity contribution is 0.117. The Morgan fingerprint density at radius 1 is 1.39 bits per heavy atom. The van der Waals surface area contributed by atoms with Crippen molar-refractivity contribution in [2.24, 2.45) is 5.92 Å². The summed E-state index contributed by atoms with van der Waals surface area (Å²) in [6.45, 7) is 0.758. The number of aromatic nitrogens is 2. The van der Waals surface area contributed by atoms with E-state index in [9.17, 15) is 8.42 Å². The molecule has 0 bridgehead atoms. The Hall–Kier alpha value is -1.09. The van der Waals surface area contributed by atoms with Crippen LogP contribution in [0.5, 0.6) is 0 Å². The fourth-order valence-corrected chi connectivity index (χ4v) is 4.31. The van der Waals surface area contributed by atoms with Crippen molar-refractivity contribution < 1.29 is 13.5 Å². The van der Waals surface area contributed by atoms with Crippen LogP contribution in [0.2, 0.25) is 0 Å². The van der Waals surface area contributed by atoms with Gasteiger partial charge in [0.1, 0.15) is 15.9 Å². The summed E-state index contributed by atoms with van der Waals surface area (Å²) in [6.07, 6.45) is 0. The summed E-state index contributed by atoms with van der Waals surface area (Å²) in [5, 5.41) is 8.94. The van der Waals surface area contributed by atoms with Gasteiger partial charge in [0.15, 0.2) is 0 Å². The molecule has 0 saturated carbocycles. The van der Waals surface area contributed by atoms with E-state index in [-0.39, 0.29) is 17.4 Å². The number of aliphatic hydroxyl groups excluding tert-OH is 1. The van der Waals surface area contributed by atoms with Gasteiger partial charge >= 0.3 is 0 Å². The highest BCUT2D eigenvalue weighted by Crippen LogP contribution is 2.28. The monoisotopic (exact) mass is 285 g/mol. The van der Waals surface area contributed by atoms with Gasteiger partial charge in [-0.3, -0.25) is 0 Å². The first kappa shape index (κ1) is 12.0. The Morgan fingerprint density at radius 3 is 2.89 bits per heavy atom. The number of nitrogens with zero attached hydrogens (tertiary/aromatic N) is 3. The molecule has 2 heterocycles. The van der Waals surface area contributed by atoms with Crippen LogP contribution in [-0.2, 0) is 10.0 Å². The normalized spacial score (nSPS) is 18.1. The lowest BCUT2D eigenvalue weighted by atomic mass is 10.1. The van der Waals surface area contributed by atoms with Gasteiger partial charge in [0.25, 0.3) is 0 Å². The van der Waals surface area contributed by atoms with Crippen LogP contribution >= 0.6 is 11.7 Å². The maximum absolute atomic E-state index is 12.4. The quantitative estimate of drug-likeness (QED) is 0.877. The van der Waals surface area contributed by atoms with Crippen molar-refractivity contribution in [3.8, 4) is 0 Å². The molecular formula is C10H11N3O3S2. The Labute approximate surface area is 108 Å². The zero-order valence-electron chi connectivity index (χ0n) is 9.35. The molecule has 1 saturated heterocycles. The van der Waals surface area contributed by atoms with Crippen molar-refractivity contribution in [1.29, 1.82) is 0 Å². The fourth-order valence-electron chi connectivity index (χ4n) is 1.96. The van der Waals surface area contributed by atoms with E-state index in [0.717, 1.165) is 11.7 Å². The number of sulfonamides is 1. The van der Waals surface area contributed by atoms with E-state index in [4.69, 9.17) is 5.11 Å². The topological polar surface area (TPSA) is 83.4 Å². The highest BCUT2D eigenvalue weighted by atomic mass is 32.2. The van der Waals surface area contributed by atoms with Crippen molar-refractivity contribution >= 4 is 32.8 Å². The SMILES string of the molecule is O=S(=O)(c1cccc2nsnc12)N1CC(CO)C1. The highest BCUT2D eigenvalue weighted by molar-refractivity contribution is 7.89. The molecule has 2 aromatic rings. The maximum Gasteiger partial charge on any atom is 0.245 e. The minimum atomic E-state index is -3.52. The minimum Gasteiger partial charge on any atom is -0.396 e. The van der Waals surface area contributed by atoms with Gasteiger partial charge in [-0.1, -0.05) is 6.07 Å². The van der Waals surface area contributed by atoms with Gasteiger partial charge in [0.2, 0.25) is 10.0 Å². The summed E-state index contributed by atoms with van der Waals surface area (Å²) in [5.41, 5.74) is 1.02. The van der Waals surface area contributed by atoms with E-state index >= 15 is 0 Å². The van der Waals surface area contributed by atoms with Gasteiger partial charge in [0.05, 0.1) is 11.7 Å². The van der Waals surface area contributed by atoms with Gasteiger partial charge in [0, 0.05) is 25.6 Å². The Balaban J connectivity index is 2.01. The Morgan fingerprint density at radius 2 is 2.17 bits per heavy atom. The maximum atomic E-state index is 12.4. The second kappa shape index (κ2) is 4.23. The summed E-state index contributed by atoms with van der Waals surface area (Å²) in [4.78, 5) is 0.199. The zero-order valence-corrected chi connectivity index (χ0v) is 11.0. The van der Waals surface area contributed by atoms with Crippen molar-refractivity contribution in [1.82, 2.24) is 13.1 Å². The number of fused-ring (bicyclic) bond motifs is 1. The molecule has 0 unspecified atom stereocenters. The second-order valence-electron chi connectivity index (χ2n) is 4.26. The second-order valence-corrected chi connectivity index (χ2v) is 6.69. The Kier molecular flexibility index (Phi) is 2.81. The molecule has 1 aliphatic heterocycles. The van der Waals surface area contributed by atoms with Crippen molar-refractivity contribution in [3.05, 3.63) is 18.2 Å². The van der Waals surface area contributed by atoms with Gasteiger partial charge in [-0.05, 0) is 12.1 Å². The molecule has 1 N–H and O–H groups in total. The summed E-state index contributed by atoms with van der Waals surface area (Å²) in [6, 6.07) is 4.95. The third kappa shape index (κ3) is 1.72. The van der Waals surface area contributed by atoms with E-state index in [1.165, 1.54) is 4.31 Å². The molecule has 1 aromatic carbocycles. The fraction of sp³-hybridized carbons (Fsp3) is 0.400. The third-order valence-corrected chi connectivity index (χ3v) is 5.45. The van der Waals surface area contributed by atoms with Gasteiger partial charge in [-0.25, -0.2) is 8.42 Å². The molecule has 0 radical (unpaired) electrons. The number of hydrogen-bond acceptors (Lipinski definition) is 6. The van der Waals surface area contributed by atoms with E-state index in [1.807, 2.05) is 0 Å². The summed E-state index contributed by atoms with van der Waals surface area (Å²) in [5.74, 6) is 0.0486. The molecule has 1 aliphatic rings. The smallest absolute Gasteiger partial charge is 0.245 e. The molecule has 0 spiro atoms. The van der Waals surface area contributed by atoms with Gasteiger partial charge < -0.3 is 5.11 Å². The molecule has 0 aliphatic carbocycles. The Bertz CT molecular complexity index is 676. The molecule has 8 heteroatoms. The van der Waals surface area contributed by atoms with Crippen LogP contribution in [0, 0.1) is 5.92 Å². The number of hydrogen-bond donors (Lipinski definition) is 1. The standard InChI is InChI=1S/C10H11N3O3S2/c14-6-7-4-13(5-7)18(15,16)9-3-1-2-8-10(9)12-17-11-8/h1-3,7,14H,4-6H2. The first-order valence-electron chi connectivity index (χ1n) is 5.45. The lowest BCUT2D eigenvalue weighted by Crippen LogP contribution is -2.51. The molecule has 1 fully saturated rings. The predicted molar refractivity (Wildman–Crippen MR) is 66.7 cm³/mol.